The zero-order valence-electron chi connectivity index (χ0n) is 18.1. The van der Waals surface area contributed by atoms with Crippen molar-refractivity contribution in [2.75, 3.05) is 0 Å². The second kappa shape index (κ2) is 15.0. The molecule has 0 amide bonds. The molecule has 5 heteroatoms. The molecule has 144 valence electrons. The third kappa shape index (κ3) is 10.6. The monoisotopic (exact) mass is 366 g/mol. The van der Waals surface area contributed by atoms with E-state index < -0.39 is 17.4 Å². The molecule has 0 radical (unpaired) electrons. The molecule has 0 fully saturated rings. The number of hydrogen-bond acceptors (Lipinski definition) is 2. The largest absolute Gasteiger partial charge is 1.00 e. The fourth-order valence-corrected chi connectivity index (χ4v) is 3.76. The maximum Gasteiger partial charge on any atom is 1.00 e. The quantitative estimate of drug-likeness (QED) is 0.437. The summed E-state index contributed by atoms with van der Waals surface area (Å²) in [7, 11) is 0. The molecule has 0 aliphatic heterocycles. The van der Waals surface area contributed by atoms with Gasteiger partial charge in [0.2, 0.25) is 0 Å². The fraction of sp³-hybridized carbons (Fsp3) is 0.900. The van der Waals surface area contributed by atoms with Crippen molar-refractivity contribution >= 4 is 11.9 Å². The third-order valence-corrected chi connectivity index (χ3v) is 5.39. The van der Waals surface area contributed by atoms with Gasteiger partial charge in [-0.3, -0.25) is 9.59 Å². The summed E-state index contributed by atoms with van der Waals surface area (Å²) >= 11 is 0. The smallest absolute Gasteiger partial charge is 1.00 e. The van der Waals surface area contributed by atoms with Crippen LogP contribution in [-0.2, 0) is 9.59 Å². The van der Waals surface area contributed by atoms with E-state index in [2.05, 4.69) is 27.7 Å². The first kappa shape index (κ1) is 27.2. The molecule has 0 aliphatic carbocycles. The SMILES string of the molecule is CCCCC(CC)CC(CC(=O)O)(CC(CC)CCCC)C(=O)O.[H-].[Na+]. The van der Waals surface area contributed by atoms with Crippen LogP contribution in [0.1, 0.15) is 99.8 Å². The van der Waals surface area contributed by atoms with Crippen LogP contribution < -0.4 is 29.6 Å². The standard InChI is InChI=1S/C20H38O4.Na.H/c1-5-9-11-16(7-3)13-20(19(23)24,15-18(21)22)14-17(8-4)12-10-6-2;;/h16-17H,5-15H2,1-4H3,(H,21,22)(H,23,24);;/q;+1;-1. The maximum atomic E-state index is 12.1. The van der Waals surface area contributed by atoms with E-state index in [4.69, 9.17) is 0 Å². The first-order valence-corrected chi connectivity index (χ1v) is 9.80. The van der Waals surface area contributed by atoms with Gasteiger partial charge in [-0.05, 0) is 24.7 Å². The van der Waals surface area contributed by atoms with E-state index >= 15 is 0 Å². The summed E-state index contributed by atoms with van der Waals surface area (Å²) in [6, 6.07) is 0. The number of rotatable bonds is 15. The average Bonchev–Trinajstić information content (AvgIpc) is 2.54. The minimum Gasteiger partial charge on any atom is -1.00 e. The normalized spacial score (nSPS) is 15.7. The van der Waals surface area contributed by atoms with Crippen LogP contribution in [0.2, 0.25) is 0 Å². The van der Waals surface area contributed by atoms with Gasteiger partial charge in [0.15, 0.2) is 0 Å². The molecule has 0 bridgehead atoms. The fourth-order valence-electron chi connectivity index (χ4n) is 3.76. The van der Waals surface area contributed by atoms with Crippen molar-refractivity contribution < 1.29 is 50.8 Å². The summed E-state index contributed by atoms with van der Waals surface area (Å²) in [5.41, 5.74) is -1.12. The van der Waals surface area contributed by atoms with Crippen molar-refractivity contribution in [2.45, 2.75) is 98.3 Å². The number of unbranched alkanes of at least 4 members (excludes halogenated alkanes) is 2. The summed E-state index contributed by atoms with van der Waals surface area (Å²) in [6.45, 7) is 8.43. The Morgan fingerprint density at radius 3 is 1.52 bits per heavy atom. The summed E-state index contributed by atoms with van der Waals surface area (Å²) in [5.74, 6) is -1.32. The Balaban J connectivity index is -0.00000264. The van der Waals surface area contributed by atoms with E-state index in [9.17, 15) is 19.8 Å². The van der Waals surface area contributed by atoms with Crippen molar-refractivity contribution in [3.63, 3.8) is 0 Å². The molecular formula is C20H39NaO4. The predicted molar refractivity (Wildman–Crippen MR) is 99.3 cm³/mol. The van der Waals surface area contributed by atoms with Gasteiger partial charge < -0.3 is 11.6 Å². The number of carboxylic acid groups (broad SMARTS) is 2. The van der Waals surface area contributed by atoms with Gasteiger partial charge in [-0.15, -0.1) is 0 Å². The average molecular weight is 367 g/mol. The molecule has 4 nitrogen and oxygen atoms in total. The molecule has 0 spiro atoms. The van der Waals surface area contributed by atoms with Crippen molar-refractivity contribution in [2.24, 2.45) is 17.3 Å². The van der Waals surface area contributed by atoms with Crippen molar-refractivity contribution in [1.29, 1.82) is 0 Å². The van der Waals surface area contributed by atoms with Crippen LogP contribution in [0.15, 0.2) is 0 Å². The number of aliphatic carboxylic acids is 2. The number of hydrogen-bond donors (Lipinski definition) is 2. The molecule has 2 unspecified atom stereocenters. The van der Waals surface area contributed by atoms with Gasteiger partial charge >= 0.3 is 41.5 Å². The first-order valence-electron chi connectivity index (χ1n) is 9.80. The zero-order chi connectivity index (χ0) is 18.6. The molecule has 0 aromatic rings. The van der Waals surface area contributed by atoms with Crippen LogP contribution in [0.3, 0.4) is 0 Å². The second-order valence-corrected chi connectivity index (χ2v) is 7.40. The summed E-state index contributed by atoms with van der Waals surface area (Å²) in [4.78, 5) is 23.6. The van der Waals surface area contributed by atoms with Crippen LogP contribution in [0.5, 0.6) is 0 Å². The van der Waals surface area contributed by atoms with Crippen molar-refractivity contribution in [1.82, 2.24) is 0 Å². The summed E-state index contributed by atoms with van der Waals surface area (Å²) < 4.78 is 0. The zero-order valence-corrected chi connectivity index (χ0v) is 19.1. The molecule has 0 rings (SSSR count). The number of carbonyl (C=O) groups is 2. The van der Waals surface area contributed by atoms with Crippen molar-refractivity contribution in [3.8, 4) is 0 Å². The van der Waals surface area contributed by atoms with Gasteiger partial charge in [-0.2, -0.15) is 0 Å². The second-order valence-electron chi connectivity index (χ2n) is 7.40. The summed E-state index contributed by atoms with van der Waals surface area (Å²) in [6.07, 6.45) is 8.88. The van der Waals surface area contributed by atoms with E-state index in [1.165, 1.54) is 0 Å². The van der Waals surface area contributed by atoms with Gasteiger partial charge in [0, 0.05) is 0 Å². The van der Waals surface area contributed by atoms with Crippen molar-refractivity contribution in [3.05, 3.63) is 0 Å². The minimum atomic E-state index is -1.12. The minimum absolute atomic E-state index is 0. The molecule has 0 aromatic heterocycles. The van der Waals surface area contributed by atoms with Gasteiger partial charge in [-0.1, -0.05) is 79.1 Å². The van der Waals surface area contributed by atoms with Gasteiger partial charge in [-0.25, -0.2) is 0 Å². The molecule has 2 atom stereocenters. The predicted octanol–water partition coefficient (Wildman–Crippen LogP) is 2.86. The van der Waals surface area contributed by atoms with E-state index in [0.717, 1.165) is 51.4 Å². The molecular weight excluding hydrogens is 327 g/mol. The van der Waals surface area contributed by atoms with E-state index in [1.807, 2.05) is 0 Å². The number of carboxylic acids is 2. The first-order chi connectivity index (χ1) is 11.3. The molecule has 25 heavy (non-hydrogen) atoms. The Bertz CT molecular complexity index is 359. The summed E-state index contributed by atoms with van der Waals surface area (Å²) in [5, 5.41) is 19.3. The Kier molecular flexibility index (Phi) is 16.3. The molecule has 0 heterocycles. The topological polar surface area (TPSA) is 74.6 Å². The van der Waals surface area contributed by atoms with E-state index in [-0.39, 0.29) is 37.4 Å². The Hall–Kier alpha value is -0.0600. The Morgan fingerprint density at radius 1 is 0.880 bits per heavy atom. The molecule has 2 N–H and O–H groups in total. The van der Waals surface area contributed by atoms with Crippen LogP contribution in [-0.4, -0.2) is 22.2 Å². The van der Waals surface area contributed by atoms with Crippen LogP contribution in [0.25, 0.3) is 0 Å². The van der Waals surface area contributed by atoms with Crippen LogP contribution in [0.4, 0.5) is 0 Å². The Morgan fingerprint density at radius 2 is 1.28 bits per heavy atom. The van der Waals surface area contributed by atoms with E-state index in [0.29, 0.717) is 24.7 Å². The molecule has 0 saturated heterocycles. The van der Waals surface area contributed by atoms with Gasteiger partial charge in [0.25, 0.3) is 0 Å². The van der Waals surface area contributed by atoms with Crippen LogP contribution >= 0.6 is 0 Å². The molecule has 0 aromatic carbocycles. The van der Waals surface area contributed by atoms with E-state index in [1.54, 1.807) is 0 Å². The molecule has 0 aliphatic rings. The third-order valence-electron chi connectivity index (χ3n) is 5.39. The van der Waals surface area contributed by atoms with Gasteiger partial charge in [0.05, 0.1) is 11.8 Å². The molecule has 0 saturated carbocycles. The Labute approximate surface area is 177 Å². The van der Waals surface area contributed by atoms with Gasteiger partial charge in [0.1, 0.15) is 0 Å². The maximum absolute atomic E-state index is 12.1. The van der Waals surface area contributed by atoms with Crippen LogP contribution in [0, 0.1) is 17.3 Å².